The van der Waals surface area contributed by atoms with Gasteiger partial charge in [0.25, 0.3) is 0 Å². The van der Waals surface area contributed by atoms with Crippen LogP contribution < -0.4 is 5.73 Å². The number of morpholine rings is 1. The second-order valence-corrected chi connectivity index (χ2v) is 6.03. The highest BCUT2D eigenvalue weighted by atomic mass is 32.1. The first kappa shape index (κ1) is 13.0. The molecule has 3 atom stereocenters. The van der Waals surface area contributed by atoms with Gasteiger partial charge in [-0.2, -0.15) is 0 Å². The van der Waals surface area contributed by atoms with Crippen LogP contribution in [0.1, 0.15) is 30.9 Å². The Morgan fingerprint density at radius 3 is 2.47 bits per heavy atom. The van der Waals surface area contributed by atoms with Crippen LogP contribution in [0.5, 0.6) is 0 Å². The van der Waals surface area contributed by atoms with Crippen LogP contribution in [-0.2, 0) is 4.74 Å². The largest absolute Gasteiger partial charge is 0.393 e. The van der Waals surface area contributed by atoms with Crippen molar-refractivity contribution in [2.75, 3.05) is 13.1 Å². The third-order valence-electron chi connectivity index (χ3n) is 4.09. The van der Waals surface area contributed by atoms with Gasteiger partial charge in [0.05, 0.1) is 17.2 Å². The van der Waals surface area contributed by atoms with Crippen molar-refractivity contribution in [1.29, 1.82) is 0 Å². The molecule has 0 spiro atoms. The molecule has 2 N–H and O–H groups in total. The van der Waals surface area contributed by atoms with Gasteiger partial charge < -0.3 is 10.5 Å². The van der Waals surface area contributed by atoms with Crippen LogP contribution in [0.4, 0.5) is 0 Å². The minimum absolute atomic E-state index is 0.297. The van der Waals surface area contributed by atoms with E-state index in [1.165, 1.54) is 18.4 Å². The van der Waals surface area contributed by atoms with Crippen LogP contribution in [0.25, 0.3) is 0 Å². The van der Waals surface area contributed by atoms with Crippen molar-refractivity contribution in [2.24, 2.45) is 5.73 Å². The summed E-state index contributed by atoms with van der Waals surface area (Å²) in [5.74, 6) is 0. The summed E-state index contributed by atoms with van der Waals surface area (Å²) in [6.45, 7) is 2.00. The van der Waals surface area contributed by atoms with Gasteiger partial charge in [-0.25, -0.2) is 0 Å². The van der Waals surface area contributed by atoms with Crippen molar-refractivity contribution in [2.45, 2.75) is 37.5 Å². The zero-order chi connectivity index (χ0) is 13.2. The molecule has 2 heterocycles. The number of thiocarbonyl (C=S) groups is 1. The fourth-order valence-corrected chi connectivity index (χ4v) is 3.38. The lowest BCUT2D eigenvalue weighted by Crippen LogP contribution is -2.45. The van der Waals surface area contributed by atoms with E-state index >= 15 is 0 Å². The first-order valence-corrected chi connectivity index (χ1v) is 7.36. The van der Waals surface area contributed by atoms with Crippen molar-refractivity contribution >= 4 is 17.2 Å². The molecule has 3 rings (SSSR count). The molecule has 1 aromatic rings. The van der Waals surface area contributed by atoms with E-state index in [4.69, 9.17) is 22.7 Å². The second-order valence-electron chi connectivity index (χ2n) is 5.51. The molecule has 0 aromatic heterocycles. The molecule has 0 radical (unpaired) electrons. The molecule has 2 saturated heterocycles. The monoisotopic (exact) mass is 276 g/mol. The van der Waals surface area contributed by atoms with Crippen molar-refractivity contribution in [3.63, 3.8) is 0 Å². The predicted molar refractivity (Wildman–Crippen MR) is 80.1 cm³/mol. The van der Waals surface area contributed by atoms with Gasteiger partial charge in [0.1, 0.15) is 0 Å². The molecule has 2 aliphatic rings. The van der Waals surface area contributed by atoms with Gasteiger partial charge in [0.15, 0.2) is 0 Å². The third-order valence-corrected chi connectivity index (χ3v) is 4.26. The first-order chi connectivity index (χ1) is 9.22. The Morgan fingerprint density at radius 2 is 1.89 bits per heavy atom. The minimum Gasteiger partial charge on any atom is -0.393 e. The lowest BCUT2D eigenvalue weighted by molar-refractivity contribution is -0.0524. The van der Waals surface area contributed by atoms with Crippen molar-refractivity contribution < 1.29 is 4.74 Å². The molecule has 2 fully saturated rings. The van der Waals surface area contributed by atoms with Crippen LogP contribution in [-0.4, -0.2) is 35.2 Å². The van der Waals surface area contributed by atoms with E-state index in [9.17, 15) is 0 Å². The maximum Gasteiger partial charge on any atom is 0.0746 e. The van der Waals surface area contributed by atoms with Crippen LogP contribution in [0.2, 0.25) is 0 Å². The molecular formula is C15H20N2OS. The molecule has 19 heavy (non-hydrogen) atoms. The summed E-state index contributed by atoms with van der Waals surface area (Å²) in [5, 5.41) is 0. The number of nitrogens with zero attached hydrogens (tertiary/aromatic N) is 1. The lowest BCUT2D eigenvalue weighted by Gasteiger charge is -2.38. The quantitative estimate of drug-likeness (QED) is 0.856. The highest BCUT2D eigenvalue weighted by Crippen LogP contribution is 2.33. The number of nitrogens with two attached hydrogens (primary N) is 1. The summed E-state index contributed by atoms with van der Waals surface area (Å²) in [5.41, 5.74) is 7.10. The fraction of sp³-hybridized carbons (Fsp3) is 0.533. The Balaban J connectivity index is 1.81. The maximum atomic E-state index is 5.91. The van der Waals surface area contributed by atoms with Gasteiger partial charge in [-0.05, 0) is 18.4 Å². The third kappa shape index (κ3) is 2.96. The molecule has 2 aliphatic heterocycles. The topological polar surface area (TPSA) is 38.5 Å². The normalized spacial score (nSPS) is 28.2. The molecule has 3 unspecified atom stereocenters. The van der Waals surface area contributed by atoms with Crippen LogP contribution >= 0.6 is 12.2 Å². The van der Waals surface area contributed by atoms with Gasteiger partial charge in [0, 0.05) is 25.6 Å². The van der Waals surface area contributed by atoms with Crippen molar-refractivity contribution in [3.05, 3.63) is 35.9 Å². The number of fused-ring (bicyclic) bond motifs is 2. The number of hydrogen-bond acceptors (Lipinski definition) is 3. The highest BCUT2D eigenvalue weighted by molar-refractivity contribution is 7.80. The summed E-state index contributed by atoms with van der Waals surface area (Å²) < 4.78 is 5.91. The number of rotatable bonds is 4. The number of ether oxygens (including phenoxy) is 1. The van der Waals surface area contributed by atoms with Crippen molar-refractivity contribution in [3.8, 4) is 0 Å². The molecule has 0 aliphatic carbocycles. The molecule has 4 heteroatoms. The summed E-state index contributed by atoms with van der Waals surface area (Å²) in [7, 11) is 0. The van der Waals surface area contributed by atoms with Crippen LogP contribution in [0.3, 0.4) is 0 Å². The maximum absolute atomic E-state index is 5.91. The summed E-state index contributed by atoms with van der Waals surface area (Å²) in [6.07, 6.45) is 3.93. The summed E-state index contributed by atoms with van der Waals surface area (Å²) >= 11 is 5.14. The van der Waals surface area contributed by atoms with E-state index in [0.29, 0.717) is 23.2 Å². The Hall–Kier alpha value is -0.970. The summed E-state index contributed by atoms with van der Waals surface area (Å²) in [4.78, 5) is 3.09. The predicted octanol–water partition coefficient (Wildman–Crippen LogP) is 2.27. The van der Waals surface area contributed by atoms with Gasteiger partial charge in [-0.1, -0.05) is 42.5 Å². The Bertz CT molecular complexity index is 439. The molecular weight excluding hydrogens is 256 g/mol. The van der Waals surface area contributed by atoms with Gasteiger partial charge in [0.2, 0.25) is 0 Å². The Kier molecular flexibility index (Phi) is 3.82. The van der Waals surface area contributed by atoms with E-state index < -0.39 is 0 Å². The van der Waals surface area contributed by atoms with Crippen molar-refractivity contribution in [1.82, 2.24) is 4.90 Å². The highest BCUT2D eigenvalue weighted by Gasteiger charge is 2.36. The first-order valence-electron chi connectivity index (χ1n) is 6.95. The van der Waals surface area contributed by atoms with E-state index in [1.54, 1.807) is 0 Å². The van der Waals surface area contributed by atoms with Gasteiger partial charge in [-0.3, -0.25) is 4.90 Å². The molecule has 2 bridgehead atoms. The zero-order valence-electron chi connectivity index (χ0n) is 11.0. The molecule has 3 nitrogen and oxygen atoms in total. The Morgan fingerprint density at radius 1 is 1.26 bits per heavy atom. The zero-order valence-corrected chi connectivity index (χ0v) is 11.8. The fourth-order valence-electron chi connectivity index (χ4n) is 3.22. The number of likely N-dealkylation sites (tertiary alicyclic amines) is 1. The minimum atomic E-state index is 0.297. The van der Waals surface area contributed by atoms with E-state index in [1.807, 2.05) is 6.07 Å². The molecule has 1 aromatic carbocycles. The summed E-state index contributed by atoms with van der Waals surface area (Å²) in [6, 6.07) is 10.8. The molecule has 102 valence electrons. The second kappa shape index (κ2) is 5.57. The average Bonchev–Trinajstić information content (AvgIpc) is 2.75. The average molecular weight is 276 g/mol. The van der Waals surface area contributed by atoms with Crippen LogP contribution in [0, 0.1) is 0 Å². The standard InChI is InChI=1S/C15H20N2OS/c16-15(19)8-14(11-4-2-1-3-5-11)17-9-12-6-7-13(10-17)18-12/h1-5,12-14H,6-10H2,(H2,16,19). The van der Waals surface area contributed by atoms with Gasteiger partial charge >= 0.3 is 0 Å². The van der Waals surface area contributed by atoms with Crippen LogP contribution in [0.15, 0.2) is 30.3 Å². The molecule has 0 amide bonds. The van der Waals surface area contributed by atoms with E-state index in [0.717, 1.165) is 19.5 Å². The lowest BCUT2D eigenvalue weighted by atomic mass is 10.0. The van der Waals surface area contributed by atoms with E-state index in [2.05, 4.69) is 29.2 Å². The van der Waals surface area contributed by atoms with E-state index in [-0.39, 0.29) is 0 Å². The number of benzene rings is 1. The smallest absolute Gasteiger partial charge is 0.0746 e. The molecule has 0 saturated carbocycles. The Labute approximate surface area is 119 Å². The number of hydrogen-bond donors (Lipinski definition) is 1. The van der Waals surface area contributed by atoms with Gasteiger partial charge in [-0.15, -0.1) is 0 Å². The SMILES string of the molecule is NC(=S)CC(c1ccccc1)N1CC2CCC(C1)O2.